The molecule has 1 aliphatic heterocycles. The van der Waals surface area contributed by atoms with E-state index in [1.807, 2.05) is 48.5 Å². The highest BCUT2D eigenvalue weighted by Gasteiger charge is 2.19. The molecular formula is C22H21ClN4O. The molecule has 4 rings (SSSR count). The van der Waals surface area contributed by atoms with Crippen molar-refractivity contribution in [2.24, 2.45) is 0 Å². The zero-order valence-electron chi connectivity index (χ0n) is 15.4. The Balaban J connectivity index is 1.54. The van der Waals surface area contributed by atoms with E-state index in [0.29, 0.717) is 17.1 Å². The lowest BCUT2D eigenvalue weighted by Crippen LogP contribution is -2.23. The van der Waals surface area contributed by atoms with Crippen molar-refractivity contribution >= 4 is 23.3 Å². The molecule has 1 aliphatic rings. The number of aromatic nitrogens is 2. The molecule has 5 nitrogen and oxygen atoms in total. The molecule has 3 aromatic rings. The van der Waals surface area contributed by atoms with Gasteiger partial charge in [-0.3, -0.25) is 9.78 Å². The monoisotopic (exact) mass is 392 g/mol. The van der Waals surface area contributed by atoms with Gasteiger partial charge in [0.1, 0.15) is 5.69 Å². The molecule has 0 aliphatic carbocycles. The number of hydrogen-bond acceptors (Lipinski definition) is 4. The summed E-state index contributed by atoms with van der Waals surface area (Å²) in [7, 11) is 0. The molecule has 2 aromatic carbocycles. The molecule has 0 atom stereocenters. The van der Waals surface area contributed by atoms with Gasteiger partial charge in [0.15, 0.2) is 5.82 Å². The van der Waals surface area contributed by atoms with Crippen LogP contribution >= 0.6 is 11.6 Å². The zero-order chi connectivity index (χ0) is 19.3. The van der Waals surface area contributed by atoms with Crippen LogP contribution in [0.25, 0.3) is 11.3 Å². The van der Waals surface area contributed by atoms with Crippen molar-refractivity contribution in [3.05, 3.63) is 77.1 Å². The van der Waals surface area contributed by atoms with Crippen molar-refractivity contribution in [2.45, 2.75) is 19.4 Å². The Kier molecular flexibility index (Phi) is 5.53. The summed E-state index contributed by atoms with van der Waals surface area (Å²) in [5, 5.41) is 3.61. The van der Waals surface area contributed by atoms with Gasteiger partial charge in [-0.25, -0.2) is 4.98 Å². The van der Waals surface area contributed by atoms with Gasteiger partial charge in [0.05, 0.1) is 0 Å². The number of nitrogens with one attached hydrogen (secondary N) is 1. The fraction of sp³-hybridized carbons (Fsp3) is 0.227. The predicted molar refractivity (Wildman–Crippen MR) is 112 cm³/mol. The summed E-state index contributed by atoms with van der Waals surface area (Å²) in [5.74, 6) is 0.755. The van der Waals surface area contributed by atoms with Gasteiger partial charge in [0, 0.05) is 48.2 Å². The van der Waals surface area contributed by atoms with Crippen molar-refractivity contribution < 1.29 is 4.79 Å². The molecule has 1 aromatic heterocycles. The second-order valence-electron chi connectivity index (χ2n) is 6.82. The molecule has 0 unspecified atom stereocenters. The normalized spacial score (nSPS) is 13.5. The van der Waals surface area contributed by atoms with E-state index < -0.39 is 0 Å². The second-order valence-corrected chi connectivity index (χ2v) is 7.25. The summed E-state index contributed by atoms with van der Waals surface area (Å²) < 4.78 is 0. The first kappa shape index (κ1) is 18.4. The highest BCUT2D eigenvalue weighted by Crippen LogP contribution is 2.29. The van der Waals surface area contributed by atoms with Crippen LogP contribution in [-0.2, 0) is 6.54 Å². The molecule has 0 saturated carbocycles. The summed E-state index contributed by atoms with van der Waals surface area (Å²) in [5.41, 5.74) is 3.26. The van der Waals surface area contributed by atoms with Crippen molar-refractivity contribution in [2.75, 3.05) is 18.0 Å². The standard InChI is InChI=1S/C22H21ClN4O/c23-19-8-3-5-16(13-19)15-26-22(28)18-7-4-6-17(14-18)20-21(25-10-9-24-20)27-11-1-2-12-27/h3-10,13-14H,1-2,11-12,15H2,(H,26,28). The summed E-state index contributed by atoms with van der Waals surface area (Å²) in [6.45, 7) is 2.41. The van der Waals surface area contributed by atoms with Crippen LogP contribution in [0, 0.1) is 0 Å². The van der Waals surface area contributed by atoms with Crippen molar-refractivity contribution in [3.63, 3.8) is 0 Å². The first-order valence-electron chi connectivity index (χ1n) is 9.40. The highest BCUT2D eigenvalue weighted by molar-refractivity contribution is 6.30. The average molecular weight is 393 g/mol. The van der Waals surface area contributed by atoms with E-state index in [9.17, 15) is 4.79 Å². The van der Waals surface area contributed by atoms with Crippen molar-refractivity contribution in [1.82, 2.24) is 15.3 Å². The molecule has 0 spiro atoms. The lowest BCUT2D eigenvalue weighted by atomic mass is 10.1. The first-order chi connectivity index (χ1) is 13.7. The zero-order valence-corrected chi connectivity index (χ0v) is 16.2. The average Bonchev–Trinajstić information content (AvgIpc) is 3.27. The molecule has 1 N–H and O–H groups in total. The number of nitrogens with zero attached hydrogens (tertiary/aromatic N) is 3. The molecule has 0 bridgehead atoms. The molecule has 28 heavy (non-hydrogen) atoms. The Labute approximate surface area is 169 Å². The number of benzene rings is 2. The minimum absolute atomic E-state index is 0.131. The van der Waals surface area contributed by atoms with Crippen LogP contribution in [0.3, 0.4) is 0 Å². The third-order valence-electron chi connectivity index (χ3n) is 4.82. The molecule has 0 radical (unpaired) electrons. The summed E-state index contributed by atoms with van der Waals surface area (Å²) >= 11 is 6.00. The largest absolute Gasteiger partial charge is 0.355 e. The minimum atomic E-state index is -0.131. The number of carbonyl (C=O) groups is 1. The Hall–Kier alpha value is -2.92. The van der Waals surface area contributed by atoms with Crippen LogP contribution in [0.2, 0.25) is 5.02 Å². The SMILES string of the molecule is O=C(NCc1cccc(Cl)c1)c1cccc(-c2nccnc2N2CCCC2)c1. The topological polar surface area (TPSA) is 58.1 Å². The molecule has 1 amide bonds. The maximum absolute atomic E-state index is 12.6. The summed E-state index contributed by atoms with van der Waals surface area (Å²) in [6, 6.07) is 15.0. The van der Waals surface area contributed by atoms with E-state index >= 15 is 0 Å². The number of anilines is 1. The first-order valence-corrected chi connectivity index (χ1v) is 9.77. The maximum Gasteiger partial charge on any atom is 0.251 e. The predicted octanol–water partition coefficient (Wildman–Crippen LogP) is 4.33. The van der Waals surface area contributed by atoms with Crippen LogP contribution < -0.4 is 10.2 Å². The Morgan fingerprint density at radius 3 is 2.64 bits per heavy atom. The number of hydrogen-bond donors (Lipinski definition) is 1. The fourth-order valence-electron chi connectivity index (χ4n) is 3.43. The summed E-state index contributed by atoms with van der Waals surface area (Å²) in [4.78, 5) is 24.0. The molecule has 2 heterocycles. The number of amides is 1. The smallest absolute Gasteiger partial charge is 0.251 e. The molecule has 1 saturated heterocycles. The molecule has 6 heteroatoms. The van der Waals surface area contributed by atoms with E-state index in [4.69, 9.17) is 11.6 Å². The number of halogens is 1. The Morgan fingerprint density at radius 1 is 1.04 bits per heavy atom. The molecular weight excluding hydrogens is 372 g/mol. The second kappa shape index (κ2) is 8.40. The Morgan fingerprint density at radius 2 is 1.82 bits per heavy atom. The fourth-order valence-corrected chi connectivity index (χ4v) is 3.65. The third-order valence-corrected chi connectivity index (χ3v) is 5.06. The van der Waals surface area contributed by atoms with Gasteiger partial charge >= 0.3 is 0 Å². The van der Waals surface area contributed by atoms with Gasteiger partial charge in [-0.05, 0) is 42.7 Å². The quantitative estimate of drug-likeness (QED) is 0.702. The van der Waals surface area contributed by atoms with Gasteiger partial charge in [-0.2, -0.15) is 0 Å². The van der Waals surface area contributed by atoms with Gasteiger partial charge in [-0.15, -0.1) is 0 Å². The maximum atomic E-state index is 12.6. The van der Waals surface area contributed by atoms with Crippen LogP contribution in [0.15, 0.2) is 60.9 Å². The van der Waals surface area contributed by atoms with Crippen LogP contribution in [-0.4, -0.2) is 29.0 Å². The van der Waals surface area contributed by atoms with Crippen LogP contribution in [0.4, 0.5) is 5.82 Å². The van der Waals surface area contributed by atoms with E-state index in [1.54, 1.807) is 12.4 Å². The molecule has 142 valence electrons. The van der Waals surface area contributed by atoms with Gasteiger partial charge in [-0.1, -0.05) is 35.9 Å². The number of carbonyl (C=O) groups excluding carboxylic acids is 1. The Bertz CT molecular complexity index is 986. The van der Waals surface area contributed by atoms with Crippen molar-refractivity contribution in [1.29, 1.82) is 0 Å². The lowest BCUT2D eigenvalue weighted by Gasteiger charge is -2.19. The summed E-state index contributed by atoms with van der Waals surface area (Å²) in [6.07, 6.45) is 5.75. The van der Waals surface area contributed by atoms with Crippen molar-refractivity contribution in [3.8, 4) is 11.3 Å². The van der Waals surface area contributed by atoms with E-state index in [2.05, 4.69) is 20.2 Å². The van der Waals surface area contributed by atoms with Gasteiger partial charge < -0.3 is 10.2 Å². The van der Waals surface area contributed by atoms with Crippen LogP contribution in [0.1, 0.15) is 28.8 Å². The minimum Gasteiger partial charge on any atom is -0.355 e. The van der Waals surface area contributed by atoms with E-state index in [1.165, 1.54) is 12.8 Å². The highest BCUT2D eigenvalue weighted by atomic mass is 35.5. The van der Waals surface area contributed by atoms with Crippen LogP contribution in [0.5, 0.6) is 0 Å². The lowest BCUT2D eigenvalue weighted by molar-refractivity contribution is 0.0951. The third kappa shape index (κ3) is 4.15. The van der Waals surface area contributed by atoms with E-state index in [0.717, 1.165) is 35.7 Å². The molecule has 1 fully saturated rings. The van der Waals surface area contributed by atoms with Gasteiger partial charge in [0.25, 0.3) is 5.91 Å². The number of rotatable bonds is 5. The van der Waals surface area contributed by atoms with Gasteiger partial charge in [0.2, 0.25) is 0 Å². The van der Waals surface area contributed by atoms with E-state index in [-0.39, 0.29) is 5.91 Å².